The number of fused-ring (bicyclic) bond motifs is 1. The first-order valence-corrected chi connectivity index (χ1v) is 8.67. The number of halogens is 1. The highest BCUT2D eigenvalue weighted by molar-refractivity contribution is 5.56. The Kier molecular flexibility index (Phi) is 5.71. The summed E-state index contributed by atoms with van der Waals surface area (Å²) in [5, 5.41) is 3.51. The van der Waals surface area contributed by atoms with Gasteiger partial charge >= 0.3 is 0 Å². The minimum absolute atomic E-state index is 0.379. The summed E-state index contributed by atoms with van der Waals surface area (Å²) < 4.78 is 24.2. The molecule has 1 N–H and O–H groups in total. The summed E-state index contributed by atoms with van der Waals surface area (Å²) in [6, 6.07) is 13.9. The van der Waals surface area contributed by atoms with E-state index in [0.717, 1.165) is 36.4 Å². The maximum Gasteiger partial charge on any atom is 0.161 e. The van der Waals surface area contributed by atoms with Crippen molar-refractivity contribution in [2.75, 3.05) is 13.2 Å². The van der Waals surface area contributed by atoms with Crippen molar-refractivity contribution in [1.29, 1.82) is 0 Å². The molecule has 1 atom stereocenters. The maximum atomic E-state index is 13.0. The van der Waals surface area contributed by atoms with Gasteiger partial charge in [0.15, 0.2) is 11.5 Å². The second-order valence-corrected chi connectivity index (χ2v) is 6.40. The zero-order valence-electron chi connectivity index (χ0n) is 14.6. The lowest BCUT2D eigenvalue weighted by molar-refractivity contribution is 0.171. The lowest BCUT2D eigenvalue weighted by Gasteiger charge is -2.19. The zero-order valence-corrected chi connectivity index (χ0v) is 14.6. The van der Waals surface area contributed by atoms with Crippen LogP contribution in [0.3, 0.4) is 0 Å². The van der Waals surface area contributed by atoms with Crippen LogP contribution in [0.1, 0.15) is 30.0 Å². The fraction of sp³-hybridized carbons (Fsp3) is 0.333. The van der Waals surface area contributed by atoms with E-state index in [1.54, 1.807) is 12.1 Å². The zero-order chi connectivity index (χ0) is 17.6. The molecule has 4 heteroatoms. The van der Waals surface area contributed by atoms with Gasteiger partial charge in [-0.3, -0.25) is 0 Å². The molecule has 0 radical (unpaired) electrons. The molecule has 2 aromatic carbocycles. The van der Waals surface area contributed by atoms with E-state index in [1.807, 2.05) is 18.2 Å². The first kappa shape index (κ1) is 17.5. The van der Waals surface area contributed by atoms with Crippen molar-refractivity contribution in [1.82, 2.24) is 5.32 Å². The van der Waals surface area contributed by atoms with Crippen LogP contribution in [0, 0.1) is 0 Å². The van der Waals surface area contributed by atoms with E-state index in [-0.39, 0.29) is 0 Å². The normalized spacial score (nSPS) is 14.2. The van der Waals surface area contributed by atoms with Gasteiger partial charge in [-0.1, -0.05) is 36.9 Å². The molecule has 3 rings (SSSR count). The number of nitrogens with one attached hydrogen (secondary N) is 1. The summed E-state index contributed by atoms with van der Waals surface area (Å²) in [6.45, 7) is 7.48. The van der Waals surface area contributed by atoms with Crippen molar-refractivity contribution >= 4 is 5.83 Å². The van der Waals surface area contributed by atoms with Gasteiger partial charge in [-0.05, 0) is 43.0 Å². The number of rotatable bonds is 7. The van der Waals surface area contributed by atoms with E-state index in [1.165, 1.54) is 5.56 Å². The predicted molar refractivity (Wildman–Crippen MR) is 98.6 cm³/mol. The van der Waals surface area contributed by atoms with Gasteiger partial charge in [0.05, 0.1) is 0 Å². The van der Waals surface area contributed by atoms with Gasteiger partial charge in [0.25, 0.3) is 0 Å². The highest BCUT2D eigenvalue weighted by atomic mass is 19.1. The van der Waals surface area contributed by atoms with Crippen molar-refractivity contribution in [2.45, 2.75) is 32.4 Å². The van der Waals surface area contributed by atoms with Crippen LogP contribution in [0.25, 0.3) is 5.83 Å². The van der Waals surface area contributed by atoms with Crippen molar-refractivity contribution in [2.24, 2.45) is 0 Å². The Morgan fingerprint density at radius 3 is 2.48 bits per heavy atom. The van der Waals surface area contributed by atoms with Gasteiger partial charge in [0.1, 0.15) is 19.0 Å². The number of ether oxygens (including phenoxy) is 2. The summed E-state index contributed by atoms with van der Waals surface area (Å²) in [4.78, 5) is 0. The average Bonchev–Trinajstić information content (AvgIpc) is 2.65. The quantitative estimate of drug-likeness (QED) is 0.804. The molecule has 1 aliphatic rings. The first-order valence-electron chi connectivity index (χ1n) is 8.67. The van der Waals surface area contributed by atoms with Gasteiger partial charge in [-0.15, -0.1) is 0 Å². The molecular formula is C21H24FNO2. The smallest absolute Gasteiger partial charge is 0.161 e. The van der Waals surface area contributed by atoms with Crippen LogP contribution in [-0.2, 0) is 13.0 Å². The highest BCUT2D eigenvalue weighted by Gasteiger charge is 2.12. The van der Waals surface area contributed by atoms with Gasteiger partial charge in [0, 0.05) is 18.2 Å². The van der Waals surface area contributed by atoms with Crippen LogP contribution in [0.15, 0.2) is 49.0 Å². The number of hydrogen-bond donors (Lipinski definition) is 1. The van der Waals surface area contributed by atoms with Gasteiger partial charge in [-0.25, -0.2) is 4.39 Å². The van der Waals surface area contributed by atoms with Crippen LogP contribution >= 0.6 is 0 Å². The van der Waals surface area contributed by atoms with E-state index in [2.05, 4.69) is 31.0 Å². The predicted octanol–water partition coefficient (Wildman–Crippen LogP) is 4.51. The molecule has 0 spiro atoms. The third-order valence-corrected chi connectivity index (χ3v) is 4.39. The topological polar surface area (TPSA) is 30.5 Å². The Bertz CT molecular complexity index is 727. The molecule has 0 fully saturated rings. The van der Waals surface area contributed by atoms with Crippen molar-refractivity contribution in [3.05, 3.63) is 65.7 Å². The molecule has 0 aromatic heterocycles. The molecule has 0 saturated carbocycles. The molecule has 25 heavy (non-hydrogen) atoms. The Hall–Kier alpha value is -2.33. The van der Waals surface area contributed by atoms with E-state index in [4.69, 9.17) is 9.47 Å². The number of hydrogen-bond acceptors (Lipinski definition) is 3. The third kappa shape index (κ3) is 4.83. The summed E-state index contributed by atoms with van der Waals surface area (Å²) in [5.41, 5.74) is 2.93. The van der Waals surface area contributed by atoms with Gasteiger partial charge in [0.2, 0.25) is 0 Å². The summed E-state index contributed by atoms with van der Waals surface area (Å²) in [7, 11) is 0. The molecule has 1 unspecified atom stereocenters. The summed E-state index contributed by atoms with van der Waals surface area (Å²) in [5.74, 6) is 1.28. The van der Waals surface area contributed by atoms with Crippen LogP contribution in [-0.4, -0.2) is 19.3 Å². The molecule has 2 aromatic rings. The van der Waals surface area contributed by atoms with Crippen LogP contribution < -0.4 is 14.8 Å². The van der Waals surface area contributed by atoms with E-state index in [9.17, 15) is 4.39 Å². The second kappa shape index (κ2) is 8.17. The molecular weight excluding hydrogens is 317 g/mol. The molecule has 0 bridgehead atoms. The largest absolute Gasteiger partial charge is 0.486 e. The van der Waals surface area contributed by atoms with Crippen LogP contribution in [0.2, 0.25) is 0 Å². The van der Waals surface area contributed by atoms with Gasteiger partial charge < -0.3 is 14.8 Å². The maximum absolute atomic E-state index is 13.0. The van der Waals surface area contributed by atoms with Crippen LogP contribution in [0.5, 0.6) is 11.5 Å². The van der Waals surface area contributed by atoms with Crippen molar-refractivity contribution in [3.8, 4) is 11.5 Å². The Labute approximate surface area is 148 Å². The molecule has 132 valence electrons. The van der Waals surface area contributed by atoms with Crippen molar-refractivity contribution < 1.29 is 13.9 Å². The van der Waals surface area contributed by atoms with E-state index >= 15 is 0 Å². The molecule has 1 heterocycles. The highest BCUT2D eigenvalue weighted by Crippen LogP contribution is 2.31. The molecule has 0 aliphatic carbocycles. The Morgan fingerprint density at radius 2 is 1.76 bits per heavy atom. The second-order valence-electron chi connectivity index (χ2n) is 6.40. The Balaban J connectivity index is 1.46. The van der Waals surface area contributed by atoms with Crippen LogP contribution in [0.4, 0.5) is 4.39 Å². The summed E-state index contributed by atoms with van der Waals surface area (Å²) >= 11 is 0. The fourth-order valence-corrected chi connectivity index (χ4v) is 2.82. The molecule has 1 aliphatic heterocycles. The third-order valence-electron chi connectivity index (χ3n) is 4.39. The molecule has 3 nitrogen and oxygen atoms in total. The molecule has 0 saturated heterocycles. The summed E-state index contributed by atoms with van der Waals surface area (Å²) in [6.07, 6.45) is 2.00. The fourth-order valence-electron chi connectivity index (χ4n) is 2.82. The monoisotopic (exact) mass is 341 g/mol. The lowest BCUT2D eigenvalue weighted by atomic mass is 10.0. The Morgan fingerprint density at radius 1 is 1.08 bits per heavy atom. The lowest BCUT2D eigenvalue weighted by Crippen LogP contribution is -2.26. The minimum Gasteiger partial charge on any atom is -0.486 e. The van der Waals surface area contributed by atoms with Crippen molar-refractivity contribution in [3.63, 3.8) is 0 Å². The van der Waals surface area contributed by atoms with E-state index < -0.39 is 5.83 Å². The van der Waals surface area contributed by atoms with Gasteiger partial charge in [-0.2, -0.15) is 0 Å². The SMILES string of the molecule is C=C(F)c1ccc(CNC(C)CCc2ccc3c(c2)OCCO3)cc1. The minimum atomic E-state index is -0.396. The molecule has 0 amide bonds. The number of aryl methyl sites for hydroxylation is 1. The first-order chi connectivity index (χ1) is 12.1. The van der Waals surface area contributed by atoms with E-state index in [0.29, 0.717) is 24.8 Å². The standard InChI is InChI=1S/C21H24FNO2/c1-15(23-14-18-5-8-19(9-6-18)16(2)22)3-4-17-7-10-20-21(13-17)25-12-11-24-20/h5-10,13,15,23H,2-4,11-12,14H2,1H3. The number of benzene rings is 2. The average molecular weight is 341 g/mol.